The van der Waals surface area contributed by atoms with Gasteiger partial charge in [-0.25, -0.2) is 9.59 Å². The fourth-order valence-electron chi connectivity index (χ4n) is 2.54. The van der Waals surface area contributed by atoms with Gasteiger partial charge >= 0.3 is 12.0 Å². The van der Waals surface area contributed by atoms with Crippen molar-refractivity contribution in [2.45, 2.75) is 26.2 Å². The van der Waals surface area contributed by atoms with E-state index in [0.717, 1.165) is 19.3 Å². The third-order valence-corrected chi connectivity index (χ3v) is 4.17. The zero-order valence-corrected chi connectivity index (χ0v) is 12.7. The van der Waals surface area contributed by atoms with E-state index in [1.165, 1.54) is 12.1 Å². The number of urea groups is 1. The lowest BCUT2D eigenvalue weighted by molar-refractivity contribution is 0.0698. The molecular weight excluding hydrogens is 292 g/mol. The van der Waals surface area contributed by atoms with Crippen LogP contribution in [0, 0.1) is 5.92 Å². The molecule has 0 radical (unpaired) electrons. The van der Waals surface area contributed by atoms with Gasteiger partial charge < -0.3 is 15.3 Å². The third kappa shape index (κ3) is 3.88. The second kappa shape index (κ2) is 6.80. The Morgan fingerprint density at radius 3 is 2.62 bits per heavy atom. The van der Waals surface area contributed by atoms with Crippen LogP contribution in [0.5, 0.6) is 0 Å². The average Bonchev–Trinajstić information content (AvgIpc) is 2.49. The summed E-state index contributed by atoms with van der Waals surface area (Å²) in [5, 5.41) is 12.2. The molecule has 2 amide bonds. The van der Waals surface area contributed by atoms with E-state index in [-0.39, 0.29) is 17.3 Å². The fraction of sp³-hybridized carbons (Fsp3) is 0.467. The number of anilines is 1. The molecule has 0 aliphatic carbocycles. The maximum absolute atomic E-state index is 12.2. The number of carbonyl (C=O) groups is 2. The van der Waals surface area contributed by atoms with Crippen molar-refractivity contribution in [2.75, 3.05) is 18.4 Å². The van der Waals surface area contributed by atoms with E-state index < -0.39 is 5.97 Å². The molecule has 1 aromatic carbocycles. The van der Waals surface area contributed by atoms with E-state index in [1.807, 2.05) is 0 Å². The number of hydrogen-bond donors (Lipinski definition) is 2. The minimum Gasteiger partial charge on any atom is -0.478 e. The van der Waals surface area contributed by atoms with Gasteiger partial charge in [0.2, 0.25) is 0 Å². The number of nitrogens with zero attached hydrogens (tertiary/aromatic N) is 1. The molecule has 21 heavy (non-hydrogen) atoms. The molecule has 0 spiro atoms. The first-order valence-corrected chi connectivity index (χ1v) is 7.47. The highest BCUT2D eigenvalue weighted by Crippen LogP contribution is 2.23. The molecule has 1 fully saturated rings. The van der Waals surface area contributed by atoms with Gasteiger partial charge in [0, 0.05) is 18.1 Å². The summed E-state index contributed by atoms with van der Waals surface area (Å²) >= 11 is 5.79. The van der Waals surface area contributed by atoms with Crippen LogP contribution in [0.3, 0.4) is 0 Å². The Bertz CT molecular complexity index is 540. The van der Waals surface area contributed by atoms with Gasteiger partial charge in [-0.05, 0) is 37.0 Å². The Morgan fingerprint density at radius 2 is 2.05 bits per heavy atom. The third-order valence-electron chi connectivity index (χ3n) is 3.93. The minimum absolute atomic E-state index is 0.000654. The summed E-state index contributed by atoms with van der Waals surface area (Å²) in [4.78, 5) is 25.1. The maximum Gasteiger partial charge on any atom is 0.337 e. The standard InChI is InChI=1S/C15H19ClN2O3/c1-2-10-5-7-18(8-6-10)15(21)17-13-4-3-11(16)9-12(13)14(19)20/h3-4,9-10H,2,5-8H2,1H3,(H,17,21)(H,19,20). The summed E-state index contributed by atoms with van der Waals surface area (Å²) in [7, 11) is 0. The van der Waals surface area contributed by atoms with Crippen LogP contribution in [-0.2, 0) is 0 Å². The number of amides is 2. The lowest BCUT2D eigenvalue weighted by Gasteiger charge is -2.31. The molecule has 0 atom stereocenters. The molecule has 5 nitrogen and oxygen atoms in total. The summed E-state index contributed by atoms with van der Waals surface area (Å²) in [5.74, 6) is -0.434. The molecular formula is C15H19ClN2O3. The van der Waals surface area contributed by atoms with Crippen molar-refractivity contribution in [3.63, 3.8) is 0 Å². The molecule has 114 valence electrons. The number of carboxylic acids is 1. The Balaban J connectivity index is 2.05. The molecule has 1 aromatic rings. The van der Waals surface area contributed by atoms with Crippen molar-refractivity contribution in [1.29, 1.82) is 0 Å². The van der Waals surface area contributed by atoms with E-state index in [4.69, 9.17) is 16.7 Å². The number of piperidine rings is 1. The van der Waals surface area contributed by atoms with Crippen LogP contribution in [-0.4, -0.2) is 35.1 Å². The van der Waals surface area contributed by atoms with Crippen molar-refractivity contribution >= 4 is 29.3 Å². The molecule has 1 saturated heterocycles. The zero-order valence-electron chi connectivity index (χ0n) is 11.9. The Morgan fingerprint density at radius 1 is 1.38 bits per heavy atom. The predicted octanol–water partition coefficient (Wildman–Crippen LogP) is 3.69. The number of halogens is 1. The molecule has 1 aliphatic heterocycles. The number of benzene rings is 1. The average molecular weight is 311 g/mol. The van der Waals surface area contributed by atoms with Crippen LogP contribution < -0.4 is 5.32 Å². The van der Waals surface area contributed by atoms with Gasteiger partial charge in [-0.1, -0.05) is 24.9 Å². The van der Waals surface area contributed by atoms with Crippen molar-refractivity contribution in [3.8, 4) is 0 Å². The largest absolute Gasteiger partial charge is 0.478 e. The van der Waals surface area contributed by atoms with Crippen LogP contribution >= 0.6 is 11.6 Å². The lowest BCUT2D eigenvalue weighted by atomic mass is 9.95. The number of hydrogen-bond acceptors (Lipinski definition) is 2. The Hall–Kier alpha value is -1.75. The van der Waals surface area contributed by atoms with Crippen molar-refractivity contribution in [3.05, 3.63) is 28.8 Å². The van der Waals surface area contributed by atoms with Crippen LogP contribution in [0.25, 0.3) is 0 Å². The summed E-state index contributed by atoms with van der Waals surface area (Å²) < 4.78 is 0. The summed E-state index contributed by atoms with van der Waals surface area (Å²) in [6, 6.07) is 4.16. The van der Waals surface area contributed by atoms with Crippen LogP contribution in [0.1, 0.15) is 36.5 Å². The molecule has 0 saturated carbocycles. The first-order valence-electron chi connectivity index (χ1n) is 7.10. The molecule has 1 heterocycles. The highest BCUT2D eigenvalue weighted by Gasteiger charge is 2.23. The first-order chi connectivity index (χ1) is 10.0. The smallest absolute Gasteiger partial charge is 0.337 e. The number of carboxylic acid groups (broad SMARTS) is 1. The monoisotopic (exact) mass is 310 g/mol. The number of nitrogens with one attached hydrogen (secondary N) is 1. The molecule has 6 heteroatoms. The van der Waals surface area contributed by atoms with E-state index in [1.54, 1.807) is 11.0 Å². The highest BCUT2D eigenvalue weighted by molar-refractivity contribution is 6.31. The SMILES string of the molecule is CCC1CCN(C(=O)Nc2ccc(Cl)cc2C(=O)O)CC1. The van der Waals surface area contributed by atoms with Gasteiger partial charge in [0.25, 0.3) is 0 Å². The van der Waals surface area contributed by atoms with Gasteiger partial charge in [0.1, 0.15) is 0 Å². The summed E-state index contributed by atoms with van der Waals surface area (Å²) in [6.45, 7) is 3.58. The second-order valence-electron chi connectivity index (χ2n) is 5.26. The molecule has 2 rings (SSSR count). The molecule has 0 bridgehead atoms. The number of likely N-dealkylation sites (tertiary alicyclic amines) is 1. The number of aromatic carboxylic acids is 1. The number of rotatable bonds is 3. The zero-order chi connectivity index (χ0) is 15.4. The maximum atomic E-state index is 12.2. The van der Waals surface area contributed by atoms with Crippen LogP contribution in [0.15, 0.2) is 18.2 Å². The minimum atomic E-state index is -1.11. The van der Waals surface area contributed by atoms with Gasteiger partial charge in [0.05, 0.1) is 11.3 Å². The predicted molar refractivity (Wildman–Crippen MR) is 82.0 cm³/mol. The topological polar surface area (TPSA) is 69.6 Å². The first kappa shape index (κ1) is 15.6. The van der Waals surface area contributed by atoms with Crippen molar-refractivity contribution in [2.24, 2.45) is 5.92 Å². The normalized spacial score (nSPS) is 15.8. The van der Waals surface area contributed by atoms with Crippen LogP contribution in [0.2, 0.25) is 5.02 Å². The van der Waals surface area contributed by atoms with E-state index in [9.17, 15) is 9.59 Å². The van der Waals surface area contributed by atoms with Crippen molar-refractivity contribution in [1.82, 2.24) is 4.90 Å². The summed E-state index contributed by atoms with van der Waals surface area (Å²) in [6.07, 6.45) is 3.13. The quantitative estimate of drug-likeness (QED) is 0.894. The van der Waals surface area contributed by atoms with Gasteiger partial charge in [-0.2, -0.15) is 0 Å². The van der Waals surface area contributed by atoms with E-state index in [0.29, 0.717) is 24.0 Å². The van der Waals surface area contributed by atoms with Gasteiger partial charge in [-0.15, -0.1) is 0 Å². The number of carbonyl (C=O) groups excluding carboxylic acids is 1. The second-order valence-corrected chi connectivity index (χ2v) is 5.70. The lowest BCUT2D eigenvalue weighted by Crippen LogP contribution is -2.41. The van der Waals surface area contributed by atoms with E-state index in [2.05, 4.69) is 12.2 Å². The van der Waals surface area contributed by atoms with Gasteiger partial charge in [-0.3, -0.25) is 0 Å². The molecule has 0 unspecified atom stereocenters. The Labute approximate surface area is 128 Å². The fourth-order valence-corrected chi connectivity index (χ4v) is 2.71. The van der Waals surface area contributed by atoms with Gasteiger partial charge in [0.15, 0.2) is 0 Å². The molecule has 1 aliphatic rings. The van der Waals surface area contributed by atoms with Crippen LogP contribution in [0.4, 0.5) is 10.5 Å². The molecule has 0 aromatic heterocycles. The summed E-state index contributed by atoms with van der Waals surface area (Å²) in [5.41, 5.74) is 0.272. The highest BCUT2D eigenvalue weighted by atomic mass is 35.5. The van der Waals surface area contributed by atoms with Crippen molar-refractivity contribution < 1.29 is 14.7 Å². The molecule has 2 N–H and O–H groups in total. The van der Waals surface area contributed by atoms with E-state index >= 15 is 0 Å². The Kier molecular flexibility index (Phi) is 5.07.